The number of fused-ring (bicyclic) bond motifs is 3. The second kappa shape index (κ2) is 8.71. The number of hydrogen-bond donors (Lipinski definition) is 1. The Balaban J connectivity index is 1.27. The predicted molar refractivity (Wildman–Crippen MR) is 123 cm³/mol. The molecule has 1 aliphatic heterocycles. The van der Waals surface area contributed by atoms with E-state index in [2.05, 4.69) is 35.1 Å². The highest BCUT2D eigenvalue weighted by atomic mass is 32.2. The summed E-state index contributed by atoms with van der Waals surface area (Å²) in [5.74, 6) is -0.465. The number of esters is 1. The molecule has 1 fully saturated rings. The summed E-state index contributed by atoms with van der Waals surface area (Å²) < 4.78 is 7.35. The van der Waals surface area contributed by atoms with E-state index in [0.717, 1.165) is 22.9 Å². The Morgan fingerprint density at radius 3 is 2.72 bits per heavy atom. The van der Waals surface area contributed by atoms with Crippen molar-refractivity contribution in [1.29, 1.82) is 0 Å². The summed E-state index contributed by atoms with van der Waals surface area (Å²) in [5, 5.41) is 12.9. The van der Waals surface area contributed by atoms with Crippen LogP contribution in [0.1, 0.15) is 23.2 Å². The summed E-state index contributed by atoms with van der Waals surface area (Å²) in [6.45, 7) is 2.04. The molecule has 0 bridgehead atoms. The van der Waals surface area contributed by atoms with Gasteiger partial charge in [-0.25, -0.2) is 9.78 Å². The van der Waals surface area contributed by atoms with E-state index in [0.29, 0.717) is 27.7 Å². The van der Waals surface area contributed by atoms with Gasteiger partial charge in [-0.05, 0) is 37.1 Å². The van der Waals surface area contributed by atoms with Gasteiger partial charge in [0.05, 0.1) is 18.4 Å². The molecule has 0 radical (unpaired) electrons. The van der Waals surface area contributed by atoms with Gasteiger partial charge in [0, 0.05) is 18.8 Å². The van der Waals surface area contributed by atoms with Crippen molar-refractivity contribution in [1.82, 2.24) is 24.6 Å². The smallest absolute Gasteiger partial charge is 0.337 e. The lowest BCUT2D eigenvalue weighted by Gasteiger charge is -2.11. The number of benzene rings is 1. The van der Waals surface area contributed by atoms with Gasteiger partial charge in [-0.15, -0.1) is 10.2 Å². The number of amides is 1. The summed E-state index contributed by atoms with van der Waals surface area (Å²) in [7, 11) is 1.32. The minimum absolute atomic E-state index is 0.152. The molecule has 0 atom stereocenters. The number of hydrogen-bond acceptors (Lipinski definition) is 10. The third-order valence-electron chi connectivity index (χ3n) is 5.06. The molecule has 164 valence electrons. The van der Waals surface area contributed by atoms with Crippen molar-refractivity contribution in [2.75, 3.05) is 36.2 Å². The minimum Gasteiger partial charge on any atom is -0.465 e. The van der Waals surface area contributed by atoms with E-state index in [1.54, 1.807) is 46.3 Å². The van der Waals surface area contributed by atoms with Crippen molar-refractivity contribution in [3.63, 3.8) is 0 Å². The van der Waals surface area contributed by atoms with Gasteiger partial charge in [0.1, 0.15) is 11.0 Å². The zero-order chi connectivity index (χ0) is 22.1. The molecule has 10 nitrogen and oxygen atoms in total. The van der Waals surface area contributed by atoms with Crippen molar-refractivity contribution in [3.05, 3.63) is 36.2 Å². The van der Waals surface area contributed by atoms with Gasteiger partial charge in [0.25, 0.3) is 0 Å². The number of rotatable bonds is 6. The summed E-state index contributed by atoms with van der Waals surface area (Å²) >= 11 is 2.85. The zero-order valence-electron chi connectivity index (χ0n) is 17.1. The lowest BCUT2D eigenvalue weighted by atomic mass is 10.2. The number of nitrogens with zero attached hydrogens (tertiary/aromatic N) is 6. The van der Waals surface area contributed by atoms with Crippen LogP contribution in [0, 0.1) is 0 Å². The number of aromatic nitrogens is 5. The van der Waals surface area contributed by atoms with Crippen LogP contribution in [-0.2, 0) is 9.53 Å². The van der Waals surface area contributed by atoms with E-state index < -0.39 is 5.97 Å². The minimum atomic E-state index is -0.423. The molecule has 4 heterocycles. The van der Waals surface area contributed by atoms with E-state index in [-0.39, 0.29) is 11.7 Å². The number of anilines is 2. The standard InChI is InChI=1S/C20H19N7O3S2/c1-30-18(29)12-4-6-13(7-5-12)22-14(28)10-31-20-25-24-17-15-16(21-11-27(17)20)23-19(32-15)26-8-2-3-9-26/h4-7,11H,2-3,8-10H2,1H3,(H,22,28). The van der Waals surface area contributed by atoms with Gasteiger partial charge in [0.15, 0.2) is 21.6 Å². The quantitative estimate of drug-likeness (QED) is 0.336. The summed E-state index contributed by atoms with van der Waals surface area (Å²) in [6, 6.07) is 6.51. The first-order chi connectivity index (χ1) is 15.6. The highest BCUT2D eigenvalue weighted by Gasteiger charge is 2.20. The van der Waals surface area contributed by atoms with Gasteiger partial charge in [-0.1, -0.05) is 23.1 Å². The Bertz CT molecular complexity index is 1300. The normalized spacial score (nSPS) is 13.7. The van der Waals surface area contributed by atoms with Crippen LogP contribution in [-0.4, -0.2) is 62.4 Å². The first-order valence-electron chi connectivity index (χ1n) is 9.98. The predicted octanol–water partition coefficient (Wildman–Crippen LogP) is 2.85. The lowest BCUT2D eigenvalue weighted by molar-refractivity contribution is -0.113. The SMILES string of the molecule is COC(=O)c1ccc(NC(=O)CSc2nnc3c4sc(N5CCCC5)nc4ncn23)cc1. The Kier molecular flexibility index (Phi) is 5.62. The Hall–Kier alpha value is -3.25. The third kappa shape index (κ3) is 3.98. The van der Waals surface area contributed by atoms with Crippen LogP contribution >= 0.6 is 23.1 Å². The maximum Gasteiger partial charge on any atom is 0.337 e. The molecule has 0 aliphatic carbocycles. The van der Waals surface area contributed by atoms with Crippen LogP contribution in [0.25, 0.3) is 16.0 Å². The van der Waals surface area contributed by atoms with Crippen LogP contribution in [0.5, 0.6) is 0 Å². The van der Waals surface area contributed by atoms with Crippen LogP contribution in [0.2, 0.25) is 0 Å². The molecule has 1 aromatic carbocycles. The number of carbonyl (C=O) groups excluding carboxylic acids is 2. The van der Waals surface area contributed by atoms with E-state index in [1.165, 1.54) is 31.7 Å². The van der Waals surface area contributed by atoms with Crippen molar-refractivity contribution in [3.8, 4) is 0 Å². The molecule has 1 saturated heterocycles. The fourth-order valence-electron chi connectivity index (χ4n) is 3.46. The first kappa shape index (κ1) is 20.6. The van der Waals surface area contributed by atoms with E-state index in [4.69, 9.17) is 0 Å². The second-order valence-corrected chi connectivity index (χ2v) is 9.09. The van der Waals surface area contributed by atoms with Crippen molar-refractivity contribution in [2.45, 2.75) is 18.0 Å². The second-order valence-electron chi connectivity index (χ2n) is 7.17. The van der Waals surface area contributed by atoms with E-state index >= 15 is 0 Å². The average molecular weight is 470 g/mol. The Morgan fingerprint density at radius 2 is 1.97 bits per heavy atom. The molecule has 1 aliphatic rings. The van der Waals surface area contributed by atoms with Gasteiger partial charge in [-0.2, -0.15) is 4.98 Å². The summed E-state index contributed by atoms with van der Waals surface area (Å²) in [5.41, 5.74) is 2.38. The summed E-state index contributed by atoms with van der Waals surface area (Å²) in [4.78, 5) is 35.3. The highest BCUT2D eigenvalue weighted by molar-refractivity contribution is 7.99. The van der Waals surface area contributed by atoms with Gasteiger partial charge in [0.2, 0.25) is 5.91 Å². The number of nitrogens with one attached hydrogen (secondary N) is 1. The molecule has 32 heavy (non-hydrogen) atoms. The molecule has 0 unspecified atom stereocenters. The first-order valence-corrected chi connectivity index (χ1v) is 11.8. The molecule has 12 heteroatoms. The van der Waals surface area contributed by atoms with Gasteiger partial charge >= 0.3 is 5.97 Å². The topological polar surface area (TPSA) is 115 Å². The Labute approximate surface area is 191 Å². The molecule has 1 N–H and O–H groups in total. The maximum absolute atomic E-state index is 12.4. The van der Waals surface area contributed by atoms with Crippen molar-refractivity contribution < 1.29 is 14.3 Å². The molecule has 0 saturated carbocycles. The molecular weight excluding hydrogens is 450 g/mol. The molecule has 0 spiro atoms. The largest absolute Gasteiger partial charge is 0.465 e. The van der Waals surface area contributed by atoms with Gasteiger partial charge in [-0.3, -0.25) is 9.20 Å². The van der Waals surface area contributed by atoms with Crippen molar-refractivity contribution >= 4 is 61.8 Å². The number of thioether (sulfide) groups is 1. The fourth-order valence-corrected chi connectivity index (χ4v) is 5.21. The van der Waals surface area contributed by atoms with Crippen LogP contribution in [0.3, 0.4) is 0 Å². The van der Waals surface area contributed by atoms with Gasteiger partial charge < -0.3 is 15.0 Å². The molecular formula is C20H19N7O3S2. The van der Waals surface area contributed by atoms with Crippen molar-refractivity contribution in [2.24, 2.45) is 0 Å². The maximum atomic E-state index is 12.4. The highest BCUT2D eigenvalue weighted by Crippen LogP contribution is 2.32. The Morgan fingerprint density at radius 1 is 1.19 bits per heavy atom. The zero-order valence-corrected chi connectivity index (χ0v) is 18.8. The van der Waals surface area contributed by atoms with Crippen LogP contribution in [0.15, 0.2) is 35.7 Å². The van der Waals surface area contributed by atoms with E-state index in [9.17, 15) is 9.59 Å². The number of methoxy groups -OCH3 is 1. The van der Waals surface area contributed by atoms with E-state index in [1.807, 2.05) is 0 Å². The average Bonchev–Trinajstić information content (AvgIpc) is 3.56. The molecule has 4 aromatic rings. The lowest BCUT2D eigenvalue weighted by Crippen LogP contribution is -2.16. The number of ether oxygens (including phenoxy) is 1. The molecule has 1 amide bonds. The monoisotopic (exact) mass is 469 g/mol. The van der Waals surface area contributed by atoms with Crippen LogP contribution in [0.4, 0.5) is 10.8 Å². The molecule has 5 rings (SSSR count). The number of carbonyl (C=O) groups is 2. The third-order valence-corrected chi connectivity index (χ3v) is 7.10. The molecule has 3 aromatic heterocycles. The fraction of sp³-hybridized carbons (Fsp3) is 0.300. The number of thiazole rings is 1. The summed E-state index contributed by atoms with van der Waals surface area (Å²) in [6.07, 6.45) is 4.01. The van der Waals surface area contributed by atoms with Crippen LogP contribution < -0.4 is 10.2 Å².